The number of carbonyl (C=O) groups is 1. The minimum Gasteiger partial charge on any atom is -0.337 e. The Balaban J connectivity index is 1.74. The predicted molar refractivity (Wildman–Crippen MR) is 95.4 cm³/mol. The molecule has 0 N–H and O–H groups in total. The van der Waals surface area contributed by atoms with Gasteiger partial charge in [-0.3, -0.25) is 9.36 Å². The van der Waals surface area contributed by atoms with E-state index < -0.39 is 0 Å². The molecule has 122 valence electrons. The second kappa shape index (κ2) is 7.31. The maximum Gasteiger partial charge on any atom is 0.254 e. The standard InChI is InChI=1S/C18H18N4OS/c1-21(12-14-3-5-16(24-2)6-4-14)18(23)15-7-8-20-17(11-15)22-10-9-19-13-22/h3-11,13H,12H2,1-2H3. The fourth-order valence-electron chi connectivity index (χ4n) is 2.38. The Labute approximate surface area is 145 Å². The topological polar surface area (TPSA) is 51.0 Å². The largest absolute Gasteiger partial charge is 0.337 e. The fourth-order valence-corrected chi connectivity index (χ4v) is 2.79. The number of carbonyl (C=O) groups excluding carboxylic acids is 1. The predicted octanol–water partition coefficient (Wildman–Crippen LogP) is 3.26. The average molecular weight is 338 g/mol. The van der Waals surface area contributed by atoms with E-state index in [4.69, 9.17) is 0 Å². The number of aromatic nitrogens is 3. The third-order valence-electron chi connectivity index (χ3n) is 3.69. The van der Waals surface area contributed by atoms with Crippen molar-refractivity contribution in [1.82, 2.24) is 19.4 Å². The molecule has 0 aliphatic carbocycles. The molecule has 0 radical (unpaired) electrons. The summed E-state index contributed by atoms with van der Waals surface area (Å²) in [6, 6.07) is 11.8. The first-order chi connectivity index (χ1) is 11.7. The van der Waals surface area contributed by atoms with Gasteiger partial charge < -0.3 is 4.90 Å². The molecule has 2 aromatic heterocycles. The fraction of sp³-hybridized carbons (Fsp3) is 0.167. The Morgan fingerprint density at radius 1 is 1.21 bits per heavy atom. The number of imidazole rings is 1. The molecule has 0 aliphatic rings. The Morgan fingerprint density at radius 3 is 2.67 bits per heavy atom. The van der Waals surface area contributed by atoms with Crippen LogP contribution < -0.4 is 0 Å². The molecule has 0 bridgehead atoms. The Bertz CT molecular complexity index is 815. The molecule has 0 aliphatic heterocycles. The molecule has 0 spiro atoms. The summed E-state index contributed by atoms with van der Waals surface area (Å²) in [7, 11) is 1.81. The highest BCUT2D eigenvalue weighted by Gasteiger charge is 2.13. The number of hydrogen-bond acceptors (Lipinski definition) is 4. The first-order valence-electron chi connectivity index (χ1n) is 7.50. The average Bonchev–Trinajstić information content (AvgIpc) is 3.16. The molecule has 0 unspecified atom stereocenters. The zero-order valence-electron chi connectivity index (χ0n) is 13.6. The van der Waals surface area contributed by atoms with Crippen molar-refractivity contribution in [1.29, 1.82) is 0 Å². The van der Waals surface area contributed by atoms with Crippen LogP contribution in [0.15, 0.2) is 66.2 Å². The second-order valence-corrected chi connectivity index (χ2v) is 6.26. The van der Waals surface area contributed by atoms with Crippen molar-refractivity contribution >= 4 is 17.7 Å². The highest BCUT2D eigenvalue weighted by atomic mass is 32.2. The smallest absolute Gasteiger partial charge is 0.254 e. The van der Waals surface area contributed by atoms with E-state index >= 15 is 0 Å². The van der Waals surface area contributed by atoms with E-state index in [1.54, 1.807) is 58.3 Å². The third-order valence-corrected chi connectivity index (χ3v) is 4.43. The molecule has 0 fully saturated rings. The van der Waals surface area contributed by atoms with Crippen LogP contribution in [0.4, 0.5) is 0 Å². The summed E-state index contributed by atoms with van der Waals surface area (Å²) in [5.74, 6) is 0.642. The van der Waals surface area contributed by atoms with Crippen LogP contribution in [0, 0.1) is 0 Å². The van der Waals surface area contributed by atoms with Crippen molar-refractivity contribution in [2.24, 2.45) is 0 Å². The van der Waals surface area contributed by atoms with E-state index in [9.17, 15) is 4.79 Å². The number of pyridine rings is 1. The number of thioether (sulfide) groups is 1. The van der Waals surface area contributed by atoms with Crippen LogP contribution in [0.25, 0.3) is 5.82 Å². The molecule has 1 aromatic carbocycles. The van der Waals surface area contributed by atoms with Crippen LogP contribution in [0.1, 0.15) is 15.9 Å². The zero-order valence-corrected chi connectivity index (χ0v) is 14.4. The summed E-state index contributed by atoms with van der Waals surface area (Å²) >= 11 is 1.70. The molecule has 6 heteroatoms. The molecule has 24 heavy (non-hydrogen) atoms. The van der Waals surface area contributed by atoms with Gasteiger partial charge in [0.2, 0.25) is 0 Å². The lowest BCUT2D eigenvalue weighted by Crippen LogP contribution is -2.26. The van der Waals surface area contributed by atoms with Crippen LogP contribution in [0.2, 0.25) is 0 Å². The van der Waals surface area contributed by atoms with Crippen LogP contribution in [-0.4, -0.2) is 38.6 Å². The number of rotatable bonds is 5. The third kappa shape index (κ3) is 3.65. The molecule has 0 atom stereocenters. The van der Waals surface area contributed by atoms with Gasteiger partial charge in [-0.15, -0.1) is 11.8 Å². The zero-order chi connectivity index (χ0) is 16.9. The van der Waals surface area contributed by atoms with Crippen molar-refractivity contribution in [2.75, 3.05) is 13.3 Å². The molecule has 3 rings (SSSR count). The van der Waals surface area contributed by atoms with Gasteiger partial charge >= 0.3 is 0 Å². The molecular weight excluding hydrogens is 320 g/mol. The van der Waals surface area contributed by atoms with Crippen molar-refractivity contribution in [3.63, 3.8) is 0 Å². The van der Waals surface area contributed by atoms with Gasteiger partial charge in [0.05, 0.1) is 0 Å². The van der Waals surface area contributed by atoms with E-state index in [1.807, 2.05) is 13.3 Å². The van der Waals surface area contributed by atoms with Crippen molar-refractivity contribution < 1.29 is 4.79 Å². The SMILES string of the molecule is CSc1ccc(CN(C)C(=O)c2ccnc(-n3ccnc3)c2)cc1. The van der Waals surface area contributed by atoms with E-state index in [1.165, 1.54) is 4.90 Å². The normalized spacial score (nSPS) is 10.6. The van der Waals surface area contributed by atoms with Crippen LogP contribution in [0.5, 0.6) is 0 Å². The molecule has 3 aromatic rings. The summed E-state index contributed by atoms with van der Waals surface area (Å²) in [5.41, 5.74) is 1.71. The minimum atomic E-state index is -0.0345. The summed E-state index contributed by atoms with van der Waals surface area (Å²) in [4.78, 5) is 23.9. The highest BCUT2D eigenvalue weighted by Crippen LogP contribution is 2.16. The summed E-state index contributed by atoms with van der Waals surface area (Å²) in [5, 5.41) is 0. The Kier molecular flexibility index (Phi) is 4.96. The summed E-state index contributed by atoms with van der Waals surface area (Å²) in [6.07, 6.45) is 8.83. The number of hydrogen-bond donors (Lipinski definition) is 0. The number of benzene rings is 1. The first kappa shape index (κ1) is 16.3. The number of amides is 1. The Hall–Kier alpha value is -2.60. The van der Waals surface area contributed by atoms with E-state index in [0.29, 0.717) is 17.9 Å². The van der Waals surface area contributed by atoms with Gasteiger partial charge in [0.15, 0.2) is 0 Å². The van der Waals surface area contributed by atoms with E-state index in [2.05, 4.69) is 34.2 Å². The lowest BCUT2D eigenvalue weighted by Gasteiger charge is -2.18. The molecular formula is C18H18N4OS. The lowest BCUT2D eigenvalue weighted by atomic mass is 10.2. The van der Waals surface area contributed by atoms with Gasteiger partial charge in [-0.2, -0.15) is 0 Å². The van der Waals surface area contributed by atoms with E-state index in [-0.39, 0.29) is 5.91 Å². The van der Waals surface area contributed by atoms with Crippen LogP contribution >= 0.6 is 11.8 Å². The molecule has 5 nitrogen and oxygen atoms in total. The highest BCUT2D eigenvalue weighted by molar-refractivity contribution is 7.98. The van der Waals surface area contributed by atoms with Crippen molar-refractivity contribution in [3.05, 3.63) is 72.4 Å². The first-order valence-corrected chi connectivity index (χ1v) is 8.72. The van der Waals surface area contributed by atoms with Gasteiger partial charge in [0, 0.05) is 42.6 Å². The molecule has 0 saturated heterocycles. The monoisotopic (exact) mass is 338 g/mol. The van der Waals surface area contributed by atoms with Gasteiger partial charge in [0.1, 0.15) is 12.1 Å². The maximum absolute atomic E-state index is 12.7. The molecule has 2 heterocycles. The quantitative estimate of drug-likeness (QED) is 0.670. The summed E-state index contributed by atoms with van der Waals surface area (Å²) in [6.45, 7) is 0.566. The van der Waals surface area contributed by atoms with Crippen LogP contribution in [-0.2, 0) is 6.54 Å². The summed E-state index contributed by atoms with van der Waals surface area (Å²) < 4.78 is 1.78. The van der Waals surface area contributed by atoms with Crippen molar-refractivity contribution in [2.45, 2.75) is 11.4 Å². The van der Waals surface area contributed by atoms with Gasteiger partial charge in [-0.1, -0.05) is 12.1 Å². The van der Waals surface area contributed by atoms with Gasteiger partial charge in [-0.25, -0.2) is 9.97 Å². The van der Waals surface area contributed by atoms with Gasteiger partial charge in [-0.05, 0) is 36.1 Å². The van der Waals surface area contributed by atoms with Crippen molar-refractivity contribution in [3.8, 4) is 5.82 Å². The molecule has 0 saturated carbocycles. The minimum absolute atomic E-state index is 0.0345. The van der Waals surface area contributed by atoms with E-state index in [0.717, 1.165) is 5.56 Å². The second-order valence-electron chi connectivity index (χ2n) is 5.38. The molecule has 1 amide bonds. The van der Waals surface area contributed by atoms with Gasteiger partial charge in [0.25, 0.3) is 5.91 Å². The lowest BCUT2D eigenvalue weighted by molar-refractivity contribution is 0.0785. The number of nitrogens with zero attached hydrogens (tertiary/aromatic N) is 4. The van der Waals surface area contributed by atoms with Crippen LogP contribution in [0.3, 0.4) is 0 Å². The maximum atomic E-state index is 12.7. The Morgan fingerprint density at radius 2 is 2.00 bits per heavy atom.